The molecular weight excluding hydrogens is 444 g/mol. The van der Waals surface area contributed by atoms with Gasteiger partial charge in [0.2, 0.25) is 0 Å². The van der Waals surface area contributed by atoms with Crippen LogP contribution in [0.5, 0.6) is 0 Å². The first-order chi connectivity index (χ1) is 14.7. The van der Waals surface area contributed by atoms with Crippen molar-refractivity contribution in [2.24, 2.45) is 0 Å². The number of aryl methyl sites for hydroxylation is 1. The van der Waals surface area contributed by atoms with Crippen LogP contribution in [-0.4, -0.2) is 21.5 Å². The molecule has 0 radical (unpaired) electrons. The van der Waals surface area contributed by atoms with Crippen molar-refractivity contribution in [3.8, 4) is 0 Å². The summed E-state index contributed by atoms with van der Waals surface area (Å²) >= 11 is 1.29. The summed E-state index contributed by atoms with van der Waals surface area (Å²) in [5.74, 6) is -2.15. The average Bonchev–Trinajstić information content (AvgIpc) is 2.75. The van der Waals surface area contributed by atoms with Gasteiger partial charge in [-0.15, -0.1) is 11.8 Å². The van der Waals surface area contributed by atoms with Crippen LogP contribution in [0.3, 0.4) is 0 Å². The first-order valence-corrected chi connectivity index (χ1v) is 11.6. The minimum atomic E-state index is -3.93. The van der Waals surface area contributed by atoms with Gasteiger partial charge in [-0.1, -0.05) is 18.2 Å². The van der Waals surface area contributed by atoms with E-state index in [9.17, 15) is 22.0 Å². The molecule has 0 atom stereocenters. The number of carbonyl (C=O) groups excluding carboxylic acids is 1. The summed E-state index contributed by atoms with van der Waals surface area (Å²) in [6.07, 6.45) is 0. The van der Waals surface area contributed by atoms with Crippen LogP contribution in [0.15, 0.2) is 70.5 Å². The van der Waals surface area contributed by atoms with Crippen molar-refractivity contribution in [1.29, 1.82) is 0 Å². The van der Waals surface area contributed by atoms with E-state index >= 15 is 0 Å². The molecule has 0 aliphatic heterocycles. The molecule has 0 amide bonds. The van der Waals surface area contributed by atoms with Gasteiger partial charge in [0, 0.05) is 21.9 Å². The van der Waals surface area contributed by atoms with Gasteiger partial charge in [-0.2, -0.15) is 0 Å². The molecule has 162 valence electrons. The molecule has 31 heavy (non-hydrogen) atoms. The van der Waals surface area contributed by atoms with Gasteiger partial charge in [0.15, 0.2) is 11.6 Å². The predicted molar refractivity (Wildman–Crippen MR) is 116 cm³/mol. The maximum atomic E-state index is 13.7. The number of rotatable bonds is 7. The Morgan fingerprint density at radius 2 is 1.77 bits per heavy atom. The molecule has 0 fully saturated rings. The van der Waals surface area contributed by atoms with Crippen LogP contribution in [0.25, 0.3) is 0 Å². The number of halogens is 2. The van der Waals surface area contributed by atoms with Gasteiger partial charge in [-0.3, -0.25) is 4.72 Å². The average molecular weight is 464 g/mol. The molecule has 3 aromatic rings. The molecule has 0 bridgehead atoms. The van der Waals surface area contributed by atoms with Crippen LogP contribution in [0.1, 0.15) is 21.5 Å². The summed E-state index contributed by atoms with van der Waals surface area (Å²) < 4.78 is 59.6. The number of thioether (sulfide) groups is 1. The molecule has 9 heteroatoms. The monoisotopic (exact) mass is 463 g/mol. The highest BCUT2D eigenvalue weighted by molar-refractivity contribution is 7.98. The van der Waals surface area contributed by atoms with Crippen molar-refractivity contribution in [3.05, 3.63) is 89.0 Å². The molecule has 0 saturated carbocycles. The number of nitrogens with one attached hydrogen (secondary N) is 1. The molecule has 0 saturated heterocycles. The van der Waals surface area contributed by atoms with E-state index in [1.807, 2.05) is 0 Å². The van der Waals surface area contributed by atoms with E-state index in [0.29, 0.717) is 11.3 Å². The topological polar surface area (TPSA) is 72.5 Å². The summed E-state index contributed by atoms with van der Waals surface area (Å²) in [7, 11) is -2.70. The van der Waals surface area contributed by atoms with Crippen molar-refractivity contribution in [2.45, 2.75) is 22.5 Å². The van der Waals surface area contributed by atoms with Crippen LogP contribution in [0, 0.1) is 18.6 Å². The van der Waals surface area contributed by atoms with E-state index in [0.717, 1.165) is 11.0 Å². The normalized spacial score (nSPS) is 11.2. The Balaban J connectivity index is 1.71. The summed E-state index contributed by atoms with van der Waals surface area (Å²) in [6, 6.07) is 14.7. The highest BCUT2D eigenvalue weighted by Crippen LogP contribution is 2.27. The number of carbonyl (C=O) groups is 1. The second-order valence-corrected chi connectivity index (χ2v) is 9.33. The molecule has 0 aliphatic rings. The molecule has 3 aromatic carbocycles. The number of sulfonamides is 1. The Bertz CT molecular complexity index is 1210. The summed E-state index contributed by atoms with van der Waals surface area (Å²) in [5.41, 5.74) is 1.33. The van der Waals surface area contributed by atoms with E-state index in [4.69, 9.17) is 0 Å². The number of ether oxygens (including phenoxy) is 1. The lowest BCUT2D eigenvalue weighted by Crippen LogP contribution is -2.14. The van der Waals surface area contributed by atoms with Crippen LogP contribution < -0.4 is 4.72 Å². The predicted octanol–water partition coefficient (Wildman–Crippen LogP) is 5.15. The second kappa shape index (κ2) is 9.49. The van der Waals surface area contributed by atoms with Gasteiger partial charge >= 0.3 is 5.97 Å². The maximum Gasteiger partial charge on any atom is 0.338 e. The van der Waals surface area contributed by atoms with Crippen molar-refractivity contribution >= 4 is 33.4 Å². The molecule has 5 nitrogen and oxygen atoms in total. The van der Waals surface area contributed by atoms with Gasteiger partial charge in [0.1, 0.15) is 0 Å². The van der Waals surface area contributed by atoms with Crippen molar-refractivity contribution in [1.82, 2.24) is 0 Å². The Kier molecular flexibility index (Phi) is 6.97. The molecule has 0 spiro atoms. The molecule has 0 aromatic heterocycles. The summed E-state index contributed by atoms with van der Waals surface area (Å²) in [4.78, 5) is 12.5. The SMILES string of the molecule is COC(=O)c1cc(S(=O)(=O)Nc2ccc(SCc3cccc(F)c3F)cc2)ccc1C. The summed E-state index contributed by atoms with van der Waals surface area (Å²) in [6.45, 7) is 1.68. The third kappa shape index (κ3) is 5.42. The zero-order chi connectivity index (χ0) is 22.6. The van der Waals surface area contributed by atoms with Gasteiger partial charge in [0.05, 0.1) is 17.6 Å². The largest absolute Gasteiger partial charge is 0.465 e. The Labute approximate surface area is 183 Å². The van der Waals surface area contributed by atoms with E-state index in [1.54, 1.807) is 31.2 Å². The fraction of sp³-hybridized carbons (Fsp3) is 0.136. The minimum Gasteiger partial charge on any atom is -0.465 e. The highest BCUT2D eigenvalue weighted by atomic mass is 32.2. The molecule has 0 aliphatic carbocycles. The number of esters is 1. The first-order valence-electron chi connectivity index (χ1n) is 9.09. The third-order valence-corrected chi connectivity index (χ3v) is 6.90. The molecule has 0 heterocycles. The fourth-order valence-corrected chi connectivity index (χ4v) is 4.71. The Hall–Kier alpha value is -2.91. The highest BCUT2D eigenvalue weighted by Gasteiger charge is 2.18. The van der Waals surface area contributed by atoms with Gasteiger partial charge in [-0.25, -0.2) is 22.0 Å². The number of hydrogen-bond acceptors (Lipinski definition) is 5. The minimum absolute atomic E-state index is 0.0708. The zero-order valence-electron chi connectivity index (χ0n) is 16.7. The van der Waals surface area contributed by atoms with Crippen molar-refractivity contribution in [2.75, 3.05) is 11.8 Å². The molecule has 3 rings (SSSR count). The lowest BCUT2D eigenvalue weighted by Gasteiger charge is -2.11. The number of benzene rings is 3. The fourth-order valence-electron chi connectivity index (χ4n) is 2.75. The number of anilines is 1. The quantitative estimate of drug-likeness (QED) is 0.387. The zero-order valence-corrected chi connectivity index (χ0v) is 18.3. The van der Waals surface area contributed by atoms with Gasteiger partial charge in [-0.05, 0) is 55.0 Å². The molecule has 0 unspecified atom stereocenters. The van der Waals surface area contributed by atoms with Crippen LogP contribution >= 0.6 is 11.8 Å². The lowest BCUT2D eigenvalue weighted by atomic mass is 10.1. The summed E-state index contributed by atoms with van der Waals surface area (Å²) in [5, 5.41) is 0. The molecule has 1 N–H and O–H groups in total. The van der Waals surface area contributed by atoms with E-state index in [1.165, 1.54) is 49.2 Å². The van der Waals surface area contributed by atoms with E-state index in [2.05, 4.69) is 9.46 Å². The van der Waals surface area contributed by atoms with Crippen molar-refractivity contribution in [3.63, 3.8) is 0 Å². The number of hydrogen-bond donors (Lipinski definition) is 1. The number of methoxy groups -OCH3 is 1. The van der Waals surface area contributed by atoms with Crippen molar-refractivity contribution < 1.29 is 26.7 Å². The maximum absolute atomic E-state index is 13.7. The Morgan fingerprint density at radius 1 is 1.06 bits per heavy atom. The first kappa shape index (κ1) is 22.8. The van der Waals surface area contributed by atoms with Crippen LogP contribution in [0.4, 0.5) is 14.5 Å². The van der Waals surface area contributed by atoms with E-state index in [-0.39, 0.29) is 21.8 Å². The van der Waals surface area contributed by atoms with E-state index < -0.39 is 27.6 Å². The smallest absolute Gasteiger partial charge is 0.338 e. The third-order valence-electron chi connectivity index (χ3n) is 4.46. The van der Waals surface area contributed by atoms with Crippen LogP contribution in [-0.2, 0) is 20.5 Å². The Morgan fingerprint density at radius 3 is 2.45 bits per heavy atom. The second-order valence-electron chi connectivity index (χ2n) is 6.60. The lowest BCUT2D eigenvalue weighted by molar-refractivity contribution is 0.0599. The molecular formula is C22H19F2NO4S2. The van der Waals surface area contributed by atoms with Crippen LogP contribution in [0.2, 0.25) is 0 Å². The van der Waals surface area contributed by atoms with Gasteiger partial charge in [0.25, 0.3) is 10.0 Å². The van der Waals surface area contributed by atoms with Gasteiger partial charge < -0.3 is 4.74 Å². The standard InChI is InChI=1S/C22H19F2NO4S2/c1-14-6-11-18(12-19(14)22(26)29-2)31(27,28)25-16-7-9-17(10-8-16)30-13-15-4-3-5-20(23)21(15)24/h3-12,25H,13H2,1-2H3.